The molecule has 0 aromatic rings. The van der Waals surface area contributed by atoms with Gasteiger partial charge in [-0.3, -0.25) is 4.79 Å². The lowest BCUT2D eigenvalue weighted by atomic mass is 9.92. The van der Waals surface area contributed by atoms with E-state index >= 15 is 0 Å². The number of carbonyl (C=O) groups excluding carboxylic acids is 1. The smallest absolute Gasteiger partial charge is 0.236 e. The van der Waals surface area contributed by atoms with Crippen molar-refractivity contribution in [1.82, 2.24) is 4.90 Å². The van der Waals surface area contributed by atoms with E-state index in [0.29, 0.717) is 0 Å². The number of amides is 1. The first kappa shape index (κ1) is 10.4. The number of carbonyl (C=O) groups is 1. The molecule has 0 radical (unpaired) electrons. The van der Waals surface area contributed by atoms with Crippen molar-refractivity contribution in [2.45, 2.75) is 26.7 Å². The van der Waals surface area contributed by atoms with Crippen molar-refractivity contribution in [1.29, 1.82) is 0 Å². The average molecular weight is 197 g/mol. The van der Waals surface area contributed by atoms with Crippen molar-refractivity contribution < 1.29 is 4.79 Å². The van der Waals surface area contributed by atoms with Crippen LogP contribution in [0.3, 0.4) is 0 Å². The number of hydrogen-bond donors (Lipinski definition) is 0. The van der Waals surface area contributed by atoms with E-state index in [-0.39, 0.29) is 5.91 Å². The van der Waals surface area contributed by atoms with Crippen LogP contribution in [0.4, 0.5) is 0 Å². The second-order valence-corrected chi connectivity index (χ2v) is 4.35. The SMILES string of the molecule is C=CC(C)(C)C(=O)N1CCCC1=S. The Labute approximate surface area is 84.6 Å². The maximum absolute atomic E-state index is 11.9. The minimum absolute atomic E-state index is 0.0741. The Bertz CT molecular complexity index is 258. The predicted octanol–water partition coefficient (Wildman–Crippen LogP) is 2.15. The van der Waals surface area contributed by atoms with Gasteiger partial charge in [-0.05, 0) is 20.3 Å². The summed E-state index contributed by atoms with van der Waals surface area (Å²) in [6, 6.07) is 0. The Balaban J connectivity index is 2.78. The van der Waals surface area contributed by atoms with E-state index < -0.39 is 5.41 Å². The van der Waals surface area contributed by atoms with E-state index in [0.717, 1.165) is 24.4 Å². The normalized spacial score (nSPS) is 17.7. The van der Waals surface area contributed by atoms with Crippen LogP contribution in [-0.2, 0) is 4.79 Å². The molecule has 0 atom stereocenters. The molecule has 72 valence electrons. The summed E-state index contributed by atoms with van der Waals surface area (Å²) in [7, 11) is 0. The Morgan fingerprint density at radius 3 is 2.69 bits per heavy atom. The van der Waals surface area contributed by atoms with Crippen molar-refractivity contribution >= 4 is 23.1 Å². The third-order valence-electron chi connectivity index (χ3n) is 2.38. The molecular weight excluding hydrogens is 182 g/mol. The van der Waals surface area contributed by atoms with Gasteiger partial charge in [-0.1, -0.05) is 18.3 Å². The summed E-state index contributed by atoms with van der Waals surface area (Å²) >= 11 is 5.10. The van der Waals surface area contributed by atoms with Gasteiger partial charge in [0.05, 0.1) is 10.4 Å². The van der Waals surface area contributed by atoms with E-state index in [1.807, 2.05) is 13.8 Å². The topological polar surface area (TPSA) is 20.3 Å². The number of thiocarbonyl (C=S) groups is 1. The zero-order chi connectivity index (χ0) is 10.1. The molecule has 2 nitrogen and oxygen atoms in total. The lowest BCUT2D eigenvalue weighted by Crippen LogP contribution is -2.39. The first-order chi connectivity index (χ1) is 5.99. The Morgan fingerprint density at radius 1 is 1.69 bits per heavy atom. The fourth-order valence-electron chi connectivity index (χ4n) is 1.30. The zero-order valence-electron chi connectivity index (χ0n) is 8.17. The highest BCUT2D eigenvalue weighted by atomic mass is 32.1. The second kappa shape index (κ2) is 3.58. The standard InChI is InChI=1S/C10H15NOS/c1-4-10(2,3)9(12)11-7-5-6-8(11)13/h4H,1,5-7H2,2-3H3. The molecule has 0 unspecified atom stereocenters. The minimum Gasteiger partial charge on any atom is -0.306 e. The maximum Gasteiger partial charge on any atom is 0.236 e. The van der Waals surface area contributed by atoms with Gasteiger partial charge >= 0.3 is 0 Å². The van der Waals surface area contributed by atoms with E-state index in [1.54, 1.807) is 11.0 Å². The fraction of sp³-hybridized carbons (Fsp3) is 0.600. The first-order valence-electron chi connectivity index (χ1n) is 4.47. The van der Waals surface area contributed by atoms with E-state index in [4.69, 9.17) is 12.2 Å². The summed E-state index contributed by atoms with van der Waals surface area (Å²) in [5.74, 6) is 0.0741. The monoisotopic (exact) mass is 197 g/mol. The van der Waals surface area contributed by atoms with E-state index in [1.165, 1.54) is 0 Å². The lowest BCUT2D eigenvalue weighted by molar-refractivity contribution is -0.133. The van der Waals surface area contributed by atoms with Gasteiger partial charge in [0.2, 0.25) is 5.91 Å². The van der Waals surface area contributed by atoms with Crippen molar-refractivity contribution in [3.8, 4) is 0 Å². The Kier molecular flexibility index (Phi) is 2.86. The molecule has 1 aliphatic rings. The van der Waals surface area contributed by atoms with Crippen LogP contribution in [0.1, 0.15) is 26.7 Å². The molecule has 1 fully saturated rings. The molecule has 1 saturated heterocycles. The molecule has 0 N–H and O–H groups in total. The molecule has 0 bridgehead atoms. The summed E-state index contributed by atoms with van der Waals surface area (Å²) in [4.78, 5) is 14.4. The van der Waals surface area contributed by atoms with Crippen LogP contribution in [-0.4, -0.2) is 22.3 Å². The van der Waals surface area contributed by atoms with Crippen LogP contribution in [0.5, 0.6) is 0 Å². The second-order valence-electron chi connectivity index (χ2n) is 3.88. The molecule has 0 aliphatic carbocycles. The van der Waals surface area contributed by atoms with Gasteiger partial charge in [0.1, 0.15) is 0 Å². The molecule has 1 amide bonds. The fourth-order valence-corrected chi connectivity index (χ4v) is 1.62. The lowest BCUT2D eigenvalue weighted by Gasteiger charge is -2.25. The Morgan fingerprint density at radius 2 is 2.31 bits per heavy atom. The van der Waals surface area contributed by atoms with Gasteiger partial charge in [0, 0.05) is 13.0 Å². The molecular formula is C10H15NOS. The highest BCUT2D eigenvalue weighted by Gasteiger charge is 2.32. The number of nitrogens with zero attached hydrogens (tertiary/aromatic N) is 1. The van der Waals surface area contributed by atoms with E-state index in [9.17, 15) is 4.79 Å². The number of hydrogen-bond acceptors (Lipinski definition) is 2. The van der Waals surface area contributed by atoms with Gasteiger partial charge in [0.25, 0.3) is 0 Å². The number of likely N-dealkylation sites (tertiary alicyclic amines) is 1. The predicted molar refractivity (Wildman–Crippen MR) is 57.5 cm³/mol. The maximum atomic E-state index is 11.9. The minimum atomic E-state index is -0.492. The van der Waals surface area contributed by atoms with Gasteiger partial charge in [-0.2, -0.15) is 0 Å². The third kappa shape index (κ3) is 1.97. The molecule has 1 aliphatic heterocycles. The van der Waals surface area contributed by atoms with Crippen molar-refractivity contribution in [2.75, 3.05) is 6.54 Å². The van der Waals surface area contributed by atoms with Crippen LogP contribution in [0.25, 0.3) is 0 Å². The summed E-state index contributed by atoms with van der Waals surface area (Å²) in [5.41, 5.74) is -0.492. The van der Waals surface area contributed by atoms with Crippen molar-refractivity contribution in [2.24, 2.45) is 5.41 Å². The van der Waals surface area contributed by atoms with Crippen LogP contribution in [0.15, 0.2) is 12.7 Å². The zero-order valence-corrected chi connectivity index (χ0v) is 8.99. The van der Waals surface area contributed by atoms with Gasteiger partial charge < -0.3 is 4.90 Å². The van der Waals surface area contributed by atoms with Gasteiger partial charge in [0.15, 0.2) is 0 Å². The quantitative estimate of drug-likeness (QED) is 0.499. The molecule has 1 heterocycles. The average Bonchev–Trinajstić information content (AvgIpc) is 2.50. The molecule has 1 rings (SSSR count). The van der Waals surface area contributed by atoms with Gasteiger partial charge in [-0.15, -0.1) is 6.58 Å². The van der Waals surface area contributed by atoms with E-state index in [2.05, 4.69) is 6.58 Å². The number of rotatable bonds is 2. The molecule has 0 aromatic heterocycles. The first-order valence-corrected chi connectivity index (χ1v) is 4.88. The highest BCUT2D eigenvalue weighted by Crippen LogP contribution is 2.24. The van der Waals surface area contributed by atoms with Gasteiger partial charge in [-0.25, -0.2) is 0 Å². The van der Waals surface area contributed by atoms with Crippen LogP contribution < -0.4 is 0 Å². The largest absolute Gasteiger partial charge is 0.306 e. The van der Waals surface area contributed by atoms with Crippen molar-refractivity contribution in [3.63, 3.8) is 0 Å². The highest BCUT2D eigenvalue weighted by molar-refractivity contribution is 7.80. The third-order valence-corrected chi connectivity index (χ3v) is 2.80. The summed E-state index contributed by atoms with van der Waals surface area (Å²) in [6.07, 6.45) is 3.54. The van der Waals surface area contributed by atoms with Crippen LogP contribution in [0, 0.1) is 5.41 Å². The van der Waals surface area contributed by atoms with Crippen LogP contribution >= 0.6 is 12.2 Å². The summed E-state index contributed by atoms with van der Waals surface area (Å²) in [5, 5.41) is 0. The molecule has 13 heavy (non-hydrogen) atoms. The molecule has 0 aromatic carbocycles. The summed E-state index contributed by atoms with van der Waals surface area (Å²) in [6.45, 7) is 8.16. The van der Waals surface area contributed by atoms with Crippen LogP contribution in [0.2, 0.25) is 0 Å². The molecule has 0 saturated carbocycles. The summed E-state index contributed by atoms with van der Waals surface area (Å²) < 4.78 is 0. The Hall–Kier alpha value is -0.700. The van der Waals surface area contributed by atoms with Crippen molar-refractivity contribution in [3.05, 3.63) is 12.7 Å². The molecule has 3 heteroatoms. The molecule has 0 spiro atoms.